The lowest BCUT2D eigenvalue weighted by molar-refractivity contribution is -0.145. The first-order chi connectivity index (χ1) is 7.56. The third kappa shape index (κ3) is 3.20. The maximum absolute atomic E-state index is 12.0. The Bertz CT molecular complexity index is 261. The lowest BCUT2D eigenvalue weighted by Gasteiger charge is -2.29. The Kier molecular flexibility index (Phi) is 4.73. The zero-order chi connectivity index (χ0) is 12.1. The van der Waals surface area contributed by atoms with Crippen LogP contribution in [0.3, 0.4) is 0 Å². The maximum atomic E-state index is 12.0. The molecule has 16 heavy (non-hydrogen) atoms. The third-order valence-corrected chi connectivity index (χ3v) is 2.83. The first-order valence-electron chi connectivity index (χ1n) is 5.70. The predicted octanol–water partition coefficient (Wildman–Crippen LogP) is 0.877. The Labute approximate surface area is 95.4 Å². The van der Waals surface area contributed by atoms with Crippen LogP contribution >= 0.6 is 0 Å². The molecule has 0 saturated carbocycles. The normalized spacial score (nSPS) is 21.8. The van der Waals surface area contributed by atoms with Gasteiger partial charge in [0.1, 0.15) is 6.10 Å². The number of ether oxygens (including phenoxy) is 1. The fourth-order valence-electron chi connectivity index (χ4n) is 2.00. The SMILES string of the molecule is CCN(C(=O)[C@@H]1CCCO1)C(C)CC(=O)O. The van der Waals surface area contributed by atoms with Crippen molar-refractivity contribution in [2.75, 3.05) is 13.2 Å². The van der Waals surface area contributed by atoms with Gasteiger partial charge in [-0.1, -0.05) is 0 Å². The average Bonchev–Trinajstić information content (AvgIpc) is 2.69. The number of carboxylic acid groups (broad SMARTS) is 1. The van der Waals surface area contributed by atoms with Gasteiger partial charge in [-0.15, -0.1) is 0 Å². The molecule has 5 heteroatoms. The number of hydrogen-bond donors (Lipinski definition) is 1. The molecule has 0 aromatic rings. The molecule has 1 heterocycles. The molecule has 1 unspecified atom stereocenters. The van der Waals surface area contributed by atoms with Gasteiger partial charge < -0.3 is 14.7 Å². The Hall–Kier alpha value is -1.10. The molecular weight excluding hydrogens is 210 g/mol. The Morgan fingerprint density at radius 1 is 1.56 bits per heavy atom. The molecule has 0 aromatic carbocycles. The van der Waals surface area contributed by atoms with Gasteiger partial charge in [0.05, 0.1) is 6.42 Å². The summed E-state index contributed by atoms with van der Waals surface area (Å²) >= 11 is 0. The summed E-state index contributed by atoms with van der Waals surface area (Å²) in [5.41, 5.74) is 0. The molecule has 1 rings (SSSR count). The second-order valence-electron chi connectivity index (χ2n) is 4.07. The van der Waals surface area contributed by atoms with Crippen molar-refractivity contribution in [2.45, 2.75) is 45.3 Å². The first kappa shape index (κ1) is 13.0. The van der Waals surface area contributed by atoms with E-state index in [0.717, 1.165) is 12.8 Å². The molecule has 5 nitrogen and oxygen atoms in total. The number of carbonyl (C=O) groups is 2. The van der Waals surface area contributed by atoms with Gasteiger partial charge in [0, 0.05) is 19.2 Å². The van der Waals surface area contributed by atoms with E-state index in [9.17, 15) is 9.59 Å². The molecule has 0 aromatic heterocycles. The lowest BCUT2D eigenvalue weighted by Crippen LogP contribution is -2.44. The number of aliphatic carboxylic acids is 1. The van der Waals surface area contributed by atoms with Crippen LogP contribution in [0.4, 0.5) is 0 Å². The maximum Gasteiger partial charge on any atom is 0.305 e. The van der Waals surface area contributed by atoms with Crippen LogP contribution < -0.4 is 0 Å². The van der Waals surface area contributed by atoms with Gasteiger partial charge in [-0.05, 0) is 26.7 Å². The van der Waals surface area contributed by atoms with Crippen LogP contribution in [-0.2, 0) is 14.3 Å². The van der Waals surface area contributed by atoms with E-state index in [-0.39, 0.29) is 24.5 Å². The minimum Gasteiger partial charge on any atom is -0.481 e. The second-order valence-corrected chi connectivity index (χ2v) is 4.07. The second kappa shape index (κ2) is 5.84. The van der Waals surface area contributed by atoms with Crippen LogP contribution in [0.5, 0.6) is 0 Å². The van der Waals surface area contributed by atoms with Crippen molar-refractivity contribution in [1.82, 2.24) is 4.90 Å². The van der Waals surface area contributed by atoms with Gasteiger partial charge in [0.2, 0.25) is 0 Å². The Balaban J connectivity index is 2.57. The monoisotopic (exact) mass is 229 g/mol. The minimum absolute atomic E-state index is 0.0215. The van der Waals surface area contributed by atoms with Crippen LogP contribution in [0.1, 0.15) is 33.1 Å². The Morgan fingerprint density at radius 2 is 2.25 bits per heavy atom. The van der Waals surface area contributed by atoms with E-state index in [1.54, 1.807) is 11.8 Å². The van der Waals surface area contributed by atoms with Crippen molar-refractivity contribution in [2.24, 2.45) is 0 Å². The molecule has 1 amide bonds. The van der Waals surface area contributed by atoms with E-state index in [4.69, 9.17) is 9.84 Å². The number of carboxylic acids is 1. The number of hydrogen-bond acceptors (Lipinski definition) is 3. The molecular formula is C11H19NO4. The first-order valence-corrected chi connectivity index (χ1v) is 5.70. The van der Waals surface area contributed by atoms with E-state index >= 15 is 0 Å². The Morgan fingerprint density at radius 3 is 2.69 bits per heavy atom. The highest BCUT2D eigenvalue weighted by atomic mass is 16.5. The van der Waals surface area contributed by atoms with Crippen molar-refractivity contribution < 1.29 is 19.4 Å². The van der Waals surface area contributed by atoms with Crippen molar-refractivity contribution >= 4 is 11.9 Å². The molecule has 1 aliphatic heterocycles. The van der Waals surface area contributed by atoms with E-state index in [2.05, 4.69) is 0 Å². The molecule has 2 atom stereocenters. The van der Waals surface area contributed by atoms with Crippen molar-refractivity contribution in [1.29, 1.82) is 0 Å². The summed E-state index contributed by atoms with van der Waals surface area (Å²) in [5, 5.41) is 8.71. The molecule has 0 spiro atoms. The fourth-order valence-corrected chi connectivity index (χ4v) is 2.00. The zero-order valence-electron chi connectivity index (χ0n) is 9.81. The van der Waals surface area contributed by atoms with Gasteiger partial charge in [0.15, 0.2) is 0 Å². The van der Waals surface area contributed by atoms with Gasteiger partial charge in [-0.3, -0.25) is 9.59 Å². The van der Waals surface area contributed by atoms with Crippen LogP contribution in [0.25, 0.3) is 0 Å². The third-order valence-electron chi connectivity index (χ3n) is 2.83. The molecule has 0 radical (unpaired) electrons. The summed E-state index contributed by atoms with van der Waals surface area (Å²) in [6.07, 6.45) is 1.26. The molecule has 0 bridgehead atoms. The smallest absolute Gasteiger partial charge is 0.305 e. The van der Waals surface area contributed by atoms with Crippen LogP contribution in [0.2, 0.25) is 0 Å². The summed E-state index contributed by atoms with van der Waals surface area (Å²) in [4.78, 5) is 24.2. The van der Waals surface area contributed by atoms with Crippen LogP contribution in [-0.4, -0.2) is 47.2 Å². The van der Waals surface area contributed by atoms with E-state index in [1.807, 2.05) is 6.92 Å². The van der Waals surface area contributed by atoms with Gasteiger partial charge in [-0.25, -0.2) is 0 Å². The molecule has 92 valence electrons. The van der Waals surface area contributed by atoms with E-state index < -0.39 is 5.97 Å². The van der Waals surface area contributed by atoms with Crippen molar-refractivity contribution in [3.63, 3.8) is 0 Å². The number of rotatable bonds is 5. The largest absolute Gasteiger partial charge is 0.481 e. The summed E-state index contributed by atoms with van der Waals surface area (Å²) in [7, 11) is 0. The quantitative estimate of drug-likeness (QED) is 0.759. The summed E-state index contributed by atoms with van der Waals surface area (Å²) in [5.74, 6) is -0.958. The standard InChI is InChI=1S/C11H19NO4/c1-3-12(8(2)7-10(13)14)11(15)9-5-4-6-16-9/h8-9H,3-7H2,1-2H3,(H,13,14)/t8?,9-/m0/s1. The number of amides is 1. The predicted molar refractivity (Wildman–Crippen MR) is 58.1 cm³/mol. The fraction of sp³-hybridized carbons (Fsp3) is 0.818. The highest BCUT2D eigenvalue weighted by Gasteiger charge is 2.30. The van der Waals surface area contributed by atoms with E-state index in [0.29, 0.717) is 13.2 Å². The average molecular weight is 229 g/mol. The minimum atomic E-state index is -0.883. The highest BCUT2D eigenvalue weighted by Crippen LogP contribution is 2.17. The molecule has 1 N–H and O–H groups in total. The van der Waals surface area contributed by atoms with Crippen molar-refractivity contribution in [3.8, 4) is 0 Å². The van der Waals surface area contributed by atoms with Gasteiger partial charge >= 0.3 is 5.97 Å². The lowest BCUT2D eigenvalue weighted by atomic mass is 10.1. The van der Waals surface area contributed by atoms with Crippen LogP contribution in [0, 0.1) is 0 Å². The number of likely N-dealkylation sites (N-methyl/N-ethyl adjacent to an activating group) is 1. The van der Waals surface area contributed by atoms with Gasteiger partial charge in [-0.2, -0.15) is 0 Å². The summed E-state index contributed by atoms with van der Waals surface area (Å²) in [6, 6.07) is -0.279. The molecule has 1 saturated heterocycles. The highest BCUT2D eigenvalue weighted by molar-refractivity contribution is 5.82. The van der Waals surface area contributed by atoms with Crippen LogP contribution in [0.15, 0.2) is 0 Å². The molecule has 1 aliphatic rings. The number of carbonyl (C=O) groups excluding carboxylic acids is 1. The molecule has 0 aliphatic carbocycles. The topological polar surface area (TPSA) is 66.8 Å². The summed E-state index contributed by atoms with van der Waals surface area (Å²) in [6.45, 7) is 4.75. The number of nitrogens with zero attached hydrogens (tertiary/aromatic N) is 1. The summed E-state index contributed by atoms with van der Waals surface area (Å²) < 4.78 is 5.31. The van der Waals surface area contributed by atoms with Gasteiger partial charge in [0.25, 0.3) is 5.91 Å². The van der Waals surface area contributed by atoms with E-state index in [1.165, 1.54) is 0 Å². The van der Waals surface area contributed by atoms with Crippen molar-refractivity contribution in [3.05, 3.63) is 0 Å². The molecule has 1 fully saturated rings. The zero-order valence-corrected chi connectivity index (χ0v) is 9.81.